The van der Waals surface area contributed by atoms with Crippen LogP contribution >= 0.6 is 0 Å². The largest absolute Gasteiger partial charge is 0.507 e. The lowest BCUT2D eigenvalue weighted by atomic mass is 9.79. The van der Waals surface area contributed by atoms with E-state index in [-0.39, 0.29) is 83.8 Å². The maximum absolute atomic E-state index is 11.7. The fourth-order valence-corrected chi connectivity index (χ4v) is 6.84. The molecule has 2 aliphatic rings. The Morgan fingerprint density at radius 1 is 0.620 bits per heavy atom. The molecule has 0 saturated heterocycles. The van der Waals surface area contributed by atoms with E-state index in [1.165, 1.54) is 0 Å². The summed E-state index contributed by atoms with van der Waals surface area (Å²) in [7, 11) is 0. The number of fused-ring (bicyclic) bond motifs is 2. The van der Waals surface area contributed by atoms with Gasteiger partial charge in [-0.25, -0.2) is 0 Å². The Hall–Kier alpha value is -5.64. The number of aromatic hydroxyl groups is 10. The zero-order chi connectivity index (χ0) is 36.2. The summed E-state index contributed by atoms with van der Waals surface area (Å²) < 4.78 is 11.6. The Balaban J connectivity index is 1.43. The first kappa shape index (κ1) is 34.2. The van der Waals surface area contributed by atoms with Crippen molar-refractivity contribution in [2.45, 2.75) is 55.8 Å². The molecular formula is C35H36O15. The lowest BCUT2D eigenvalue weighted by Crippen LogP contribution is -2.30. The van der Waals surface area contributed by atoms with Gasteiger partial charge in [-0.05, 0) is 42.7 Å². The van der Waals surface area contributed by atoms with Gasteiger partial charge in [-0.1, -0.05) is 6.42 Å². The van der Waals surface area contributed by atoms with Gasteiger partial charge in [0.15, 0.2) is 40.6 Å². The summed E-state index contributed by atoms with van der Waals surface area (Å²) >= 11 is 0. The number of rotatable bonds is 8. The number of phenolic OH excluding ortho intramolecular Hbond substituents is 10. The van der Waals surface area contributed by atoms with E-state index < -0.39 is 87.6 Å². The fourth-order valence-electron chi connectivity index (χ4n) is 6.84. The smallest absolute Gasteiger partial charge is 0.200 e. The van der Waals surface area contributed by atoms with Crippen molar-refractivity contribution in [2.75, 3.05) is 13.2 Å². The molecule has 0 spiro atoms. The monoisotopic (exact) mass is 696 g/mol. The van der Waals surface area contributed by atoms with Crippen LogP contribution in [0, 0.1) is 0 Å². The van der Waals surface area contributed by atoms with Crippen LogP contribution in [0.1, 0.15) is 76.7 Å². The molecule has 5 unspecified atom stereocenters. The average Bonchev–Trinajstić information content (AvgIpc) is 3.05. The van der Waals surface area contributed by atoms with Gasteiger partial charge in [0, 0.05) is 59.3 Å². The van der Waals surface area contributed by atoms with Gasteiger partial charge in [-0.15, -0.1) is 0 Å². The van der Waals surface area contributed by atoms with Crippen molar-refractivity contribution in [3.8, 4) is 69.0 Å². The van der Waals surface area contributed by atoms with Gasteiger partial charge in [0.25, 0.3) is 0 Å². The highest BCUT2D eigenvalue weighted by Gasteiger charge is 2.40. The topological polar surface area (TPSA) is 281 Å². The second-order valence-corrected chi connectivity index (χ2v) is 12.5. The van der Waals surface area contributed by atoms with Crippen LogP contribution in [0.3, 0.4) is 0 Å². The Morgan fingerprint density at radius 3 is 1.74 bits per heavy atom. The van der Waals surface area contributed by atoms with Gasteiger partial charge < -0.3 is 75.9 Å². The number of hydrogen-bond donors (Lipinski definition) is 13. The molecule has 2 aliphatic heterocycles. The van der Waals surface area contributed by atoms with Crippen LogP contribution in [-0.2, 0) is 6.42 Å². The van der Waals surface area contributed by atoms with Crippen molar-refractivity contribution in [1.82, 2.24) is 0 Å². The number of hydrogen-bond acceptors (Lipinski definition) is 15. The Bertz CT molecular complexity index is 1910. The first-order chi connectivity index (χ1) is 23.7. The number of benzene rings is 4. The summed E-state index contributed by atoms with van der Waals surface area (Å²) in [6, 6.07) is 6.70. The highest BCUT2D eigenvalue weighted by molar-refractivity contribution is 5.66. The molecule has 0 fully saturated rings. The van der Waals surface area contributed by atoms with Gasteiger partial charge in [0.1, 0.15) is 34.5 Å². The molecule has 0 saturated carbocycles. The molecule has 6 rings (SSSR count). The molecule has 15 nitrogen and oxygen atoms in total. The Labute approximate surface area is 283 Å². The third-order valence-electron chi connectivity index (χ3n) is 9.35. The molecule has 5 atom stereocenters. The van der Waals surface area contributed by atoms with E-state index in [1.54, 1.807) is 0 Å². The summed E-state index contributed by atoms with van der Waals surface area (Å²) in [5, 5.41) is 138. The van der Waals surface area contributed by atoms with Crippen molar-refractivity contribution in [1.29, 1.82) is 0 Å². The number of aliphatic hydroxyl groups is 3. The van der Waals surface area contributed by atoms with E-state index in [1.807, 2.05) is 0 Å². The van der Waals surface area contributed by atoms with E-state index in [0.717, 1.165) is 36.4 Å². The molecule has 50 heavy (non-hydrogen) atoms. The third kappa shape index (κ3) is 5.74. The molecule has 2 heterocycles. The van der Waals surface area contributed by atoms with Crippen molar-refractivity contribution < 1.29 is 75.9 Å². The first-order valence-corrected chi connectivity index (χ1v) is 15.7. The number of aliphatic hydroxyl groups excluding tert-OH is 3. The van der Waals surface area contributed by atoms with Crippen LogP contribution in [0.15, 0.2) is 36.4 Å². The lowest BCUT2D eigenvalue weighted by molar-refractivity contribution is 0.0195. The number of phenols is 10. The summed E-state index contributed by atoms with van der Waals surface area (Å²) in [6.07, 6.45) is -3.78. The molecule has 0 aromatic heterocycles. The molecule has 0 aliphatic carbocycles. The van der Waals surface area contributed by atoms with Gasteiger partial charge >= 0.3 is 0 Å². The van der Waals surface area contributed by atoms with Gasteiger partial charge in [0.05, 0.1) is 24.4 Å². The van der Waals surface area contributed by atoms with Crippen molar-refractivity contribution in [3.05, 3.63) is 69.8 Å². The summed E-state index contributed by atoms with van der Waals surface area (Å²) in [6.45, 7) is -0.420. The van der Waals surface area contributed by atoms with E-state index >= 15 is 0 Å². The van der Waals surface area contributed by atoms with Crippen LogP contribution in [0.2, 0.25) is 0 Å². The molecule has 13 N–H and O–H groups in total. The quantitative estimate of drug-likeness (QED) is 0.0930. The highest BCUT2D eigenvalue weighted by Crippen LogP contribution is 2.56. The van der Waals surface area contributed by atoms with Gasteiger partial charge in [-0.3, -0.25) is 0 Å². The fraction of sp³-hybridized carbons (Fsp3) is 0.314. The molecule has 266 valence electrons. The molecule has 0 radical (unpaired) electrons. The zero-order valence-corrected chi connectivity index (χ0v) is 26.2. The van der Waals surface area contributed by atoms with E-state index in [4.69, 9.17) is 9.47 Å². The third-order valence-corrected chi connectivity index (χ3v) is 9.35. The summed E-state index contributed by atoms with van der Waals surface area (Å²) in [5.74, 6) is -8.71. The second-order valence-electron chi connectivity index (χ2n) is 12.5. The van der Waals surface area contributed by atoms with Crippen LogP contribution in [0.25, 0.3) is 0 Å². The van der Waals surface area contributed by atoms with Crippen molar-refractivity contribution in [3.63, 3.8) is 0 Å². The molecule has 0 bridgehead atoms. The maximum atomic E-state index is 11.7. The first-order valence-electron chi connectivity index (χ1n) is 15.7. The summed E-state index contributed by atoms with van der Waals surface area (Å²) in [5.41, 5.74) is -0.263. The molecular weight excluding hydrogens is 660 g/mol. The second kappa shape index (κ2) is 13.0. The molecule has 15 heteroatoms. The minimum atomic E-state index is -1.54. The van der Waals surface area contributed by atoms with Crippen LogP contribution < -0.4 is 9.47 Å². The van der Waals surface area contributed by atoms with Crippen LogP contribution in [-0.4, -0.2) is 85.7 Å². The standard InChI is InChI=1S/C35H36O15/c36-4-2-1-3-15(27-18(37)10-25-16(30(27)44)9-24(43)35(50-25)14-7-22(41)33(47)23(42)8-14)28-19(38)11-26-29(34(28)48)31(45)17(12-49-26)13-5-20(39)32(46)21(40)6-13/h5-8,10-11,15,17,24,31,35-48H,1-4,9,12H2. The lowest BCUT2D eigenvalue weighted by Gasteiger charge is -2.34. The molecule has 4 aromatic carbocycles. The van der Waals surface area contributed by atoms with E-state index in [0.29, 0.717) is 0 Å². The molecule has 4 aromatic rings. The van der Waals surface area contributed by atoms with Crippen molar-refractivity contribution in [2.24, 2.45) is 0 Å². The Morgan fingerprint density at radius 2 is 1.16 bits per heavy atom. The van der Waals surface area contributed by atoms with E-state index in [9.17, 15) is 66.4 Å². The maximum Gasteiger partial charge on any atom is 0.200 e. The summed E-state index contributed by atoms with van der Waals surface area (Å²) in [4.78, 5) is 0. The van der Waals surface area contributed by atoms with E-state index in [2.05, 4.69) is 0 Å². The Kier molecular flexibility index (Phi) is 8.90. The predicted molar refractivity (Wildman–Crippen MR) is 171 cm³/mol. The minimum Gasteiger partial charge on any atom is -0.507 e. The van der Waals surface area contributed by atoms with Crippen molar-refractivity contribution >= 4 is 0 Å². The number of ether oxygens (including phenoxy) is 2. The molecule has 0 amide bonds. The zero-order valence-electron chi connectivity index (χ0n) is 26.2. The minimum absolute atomic E-state index is 0.0402. The normalized spacial score (nSPS) is 20.3. The van der Waals surface area contributed by atoms with Gasteiger partial charge in [-0.2, -0.15) is 0 Å². The van der Waals surface area contributed by atoms with Gasteiger partial charge in [0.2, 0.25) is 0 Å². The SMILES string of the molecule is OCCCCC(c1c(O)cc2c(c1O)CC(O)C(c1cc(O)c(O)c(O)c1)O2)c1c(O)cc2c(c1O)C(O)C(c1cc(O)c(O)c(O)c1)CO2. The van der Waals surface area contributed by atoms with Crippen LogP contribution in [0.4, 0.5) is 0 Å². The highest BCUT2D eigenvalue weighted by atomic mass is 16.5. The predicted octanol–water partition coefficient (Wildman–Crippen LogP) is 3.28. The van der Waals surface area contributed by atoms with Crippen LogP contribution in [0.5, 0.6) is 69.0 Å². The average molecular weight is 697 g/mol. The number of unbranched alkanes of at least 4 members (excludes halogenated alkanes) is 1.